The van der Waals surface area contributed by atoms with Gasteiger partial charge in [-0.15, -0.1) is 0 Å². The molecule has 2 aliphatic rings. The Labute approximate surface area is 102 Å². The van der Waals surface area contributed by atoms with Crippen molar-refractivity contribution >= 4 is 0 Å². The van der Waals surface area contributed by atoms with E-state index in [0.29, 0.717) is 18.2 Å². The van der Waals surface area contributed by atoms with Crippen LogP contribution in [0.4, 0.5) is 0 Å². The third kappa shape index (κ3) is 1.94. The van der Waals surface area contributed by atoms with Gasteiger partial charge in [0.05, 0.1) is 19.3 Å². The van der Waals surface area contributed by atoms with Gasteiger partial charge < -0.3 is 14.8 Å². The van der Waals surface area contributed by atoms with Crippen LogP contribution in [0.2, 0.25) is 0 Å². The van der Waals surface area contributed by atoms with Gasteiger partial charge in [-0.2, -0.15) is 0 Å². The Kier molecular flexibility index (Phi) is 2.81. The van der Waals surface area contributed by atoms with Gasteiger partial charge in [0.2, 0.25) is 0 Å². The van der Waals surface area contributed by atoms with Crippen LogP contribution in [-0.2, 0) is 17.6 Å². The topological polar surface area (TPSA) is 30.5 Å². The molecule has 0 saturated carbocycles. The van der Waals surface area contributed by atoms with Crippen LogP contribution in [0.25, 0.3) is 0 Å². The van der Waals surface area contributed by atoms with Crippen molar-refractivity contribution in [3.8, 4) is 5.75 Å². The lowest BCUT2D eigenvalue weighted by Gasteiger charge is -2.40. The number of benzene rings is 1. The Bertz CT molecular complexity index is 419. The lowest BCUT2D eigenvalue weighted by molar-refractivity contribution is -0.0566. The van der Waals surface area contributed by atoms with Crippen LogP contribution >= 0.6 is 0 Å². The van der Waals surface area contributed by atoms with Gasteiger partial charge in [-0.3, -0.25) is 0 Å². The van der Waals surface area contributed by atoms with E-state index >= 15 is 0 Å². The summed E-state index contributed by atoms with van der Waals surface area (Å²) in [5.41, 5.74) is 2.73. The molecule has 1 aromatic rings. The molecule has 3 rings (SSSR count). The fourth-order valence-electron chi connectivity index (χ4n) is 2.95. The molecule has 0 amide bonds. The van der Waals surface area contributed by atoms with E-state index in [2.05, 4.69) is 24.4 Å². The minimum absolute atomic E-state index is 0.318. The fourth-order valence-corrected chi connectivity index (χ4v) is 2.95. The lowest BCUT2D eigenvalue weighted by atomic mass is 9.84. The smallest absolute Gasteiger partial charge is 0.122 e. The van der Waals surface area contributed by atoms with E-state index in [1.807, 2.05) is 6.07 Å². The maximum Gasteiger partial charge on any atom is 0.122 e. The molecule has 1 fully saturated rings. The number of rotatable bonds is 1. The summed E-state index contributed by atoms with van der Waals surface area (Å²) in [4.78, 5) is 0. The molecule has 1 N–H and O–H groups in total. The summed E-state index contributed by atoms with van der Waals surface area (Å²) in [6.45, 7) is 3.08. The van der Waals surface area contributed by atoms with Crippen LogP contribution in [0, 0.1) is 0 Å². The first-order valence-electron chi connectivity index (χ1n) is 6.31. The Balaban J connectivity index is 1.91. The highest BCUT2D eigenvalue weighted by Crippen LogP contribution is 2.32. The number of methoxy groups -OCH3 is 1. The highest BCUT2D eigenvalue weighted by Gasteiger charge is 2.34. The predicted molar refractivity (Wildman–Crippen MR) is 66.5 cm³/mol. The molecule has 0 aromatic heterocycles. The largest absolute Gasteiger partial charge is 0.496 e. The normalized spacial score (nSPS) is 31.5. The van der Waals surface area contributed by atoms with E-state index in [9.17, 15) is 0 Å². The molecule has 1 aliphatic carbocycles. The molecule has 3 atom stereocenters. The quantitative estimate of drug-likeness (QED) is 0.798. The van der Waals surface area contributed by atoms with Crippen LogP contribution < -0.4 is 10.1 Å². The van der Waals surface area contributed by atoms with Crippen molar-refractivity contribution in [3.63, 3.8) is 0 Å². The SMILES string of the molecule is COc1cccc2c1C[C@@H]1NC[C@H](C)O[C@H]1C2. The molecule has 3 heteroatoms. The third-order valence-electron chi connectivity index (χ3n) is 3.82. The molecule has 3 nitrogen and oxygen atoms in total. The number of hydrogen-bond acceptors (Lipinski definition) is 3. The molecule has 17 heavy (non-hydrogen) atoms. The second-order valence-electron chi connectivity index (χ2n) is 5.01. The number of nitrogens with one attached hydrogen (secondary N) is 1. The first-order chi connectivity index (χ1) is 8.28. The van der Waals surface area contributed by atoms with Gasteiger partial charge in [0.1, 0.15) is 5.75 Å². The Morgan fingerprint density at radius 3 is 3.06 bits per heavy atom. The van der Waals surface area contributed by atoms with Crippen LogP contribution in [0.15, 0.2) is 18.2 Å². The lowest BCUT2D eigenvalue weighted by Crippen LogP contribution is -2.55. The summed E-state index contributed by atoms with van der Waals surface area (Å²) in [5, 5.41) is 3.58. The molecule has 1 aliphatic heterocycles. The van der Waals surface area contributed by atoms with Crippen molar-refractivity contribution < 1.29 is 9.47 Å². The second-order valence-corrected chi connectivity index (χ2v) is 5.01. The Hall–Kier alpha value is -1.06. The molecule has 0 unspecified atom stereocenters. The van der Waals surface area contributed by atoms with Crippen molar-refractivity contribution in [1.82, 2.24) is 5.32 Å². The summed E-state index contributed by atoms with van der Waals surface area (Å²) in [6, 6.07) is 6.75. The summed E-state index contributed by atoms with van der Waals surface area (Å²) in [7, 11) is 1.74. The minimum Gasteiger partial charge on any atom is -0.496 e. The van der Waals surface area contributed by atoms with Crippen molar-refractivity contribution in [2.75, 3.05) is 13.7 Å². The molecular formula is C14H19NO2. The minimum atomic E-state index is 0.318. The molecule has 1 aromatic carbocycles. The van der Waals surface area contributed by atoms with Gasteiger partial charge in [-0.1, -0.05) is 12.1 Å². The molecule has 92 valence electrons. The second kappa shape index (κ2) is 4.31. The third-order valence-corrected chi connectivity index (χ3v) is 3.82. The Morgan fingerprint density at radius 1 is 1.35 bits per heavy atom. The van der Waals surface area contributed by atoms with Crippen molar-refractivity contribution in [1.29, 1.82) is 0 Å². The van der Waals surface area contributed by atoms with E-state index in [1.54, 1.807) is 7.11 Å². The molecule has 0 bridgehead atoms. The van der Waals surface area contributed by atoms with Gasteiger partial charge in [0.15, 0.2) is 0 Å². The zero-order valence-electron chi connectivity index (χ0n) is 10.4. The van der Waals surface area contributed by atoms with Gasteiger partial charge >= 0.3 is 0 Å². The summed E-state index contributed by atoms with van der Waals surface area (Å²) in [6.07, 6.45) is 2.65. The van der Waals surface area contributed by atoms with Gasteiger partial charge in [0.25, 0.3) is 0 Å². The molecular weight excluding hydrogens is 214 g/mol. The van der Waals surface area contributed by atoms with Crippen molar-refractivity contribution in [2.24, 2.45) is 0 Å². The fraction of sp³-hybridized carbons (Fsp3) is 0.571. The van der Waals surface area contributed by atoms with Gasteiger partial charge in [0, 0.05) is 19.0 Å². The molecule has 1 saturated heterocycles. The maximum absolute atomic E-state index is 6.02. The first-order valence-corrected chi connectivity index (χ1v) is 6.31. The molecule has 0 spiro atoms. The predicted octanol–water partition coefficient (Wildman–Crippen LogP) is 1.54. The van der Waals surface area contributed by atoms with Crippen LogP contribution in [-0.4, -0.2) is 31.9 Å². The van der Waals surface area contributed by atoms with Crippen LogP contribution in [0.1, 0.15) is 18.1 Å². The summed E-state index contributed by atoms with van der Waals surface area (Å²) < 4.78 is 11.5. The van der Waals surface area contributed by atoms with E-state index in [0.717, 1.165) is 25.1 Å². The van der Waals surface area contributed by atoms with E-state index in [1.165, 1.54) is 11.1 Å². The average Bonchev–Trinajstić information content (AvgIpc) is 2.35. The number of fused-ring (bicyclic) bond motifs is 2. The zero-order valence-corrected chi connectivity index (χ0v) is 10.4. The highest BCUT2D eigenvalue weighted by molar-refractivity contribution is 5.43. The zero-order chi connectivity index (χ0) is 11.8. The monoisotopic (exact) mass is 233 g/mol. The van der Waals surface area contributed by atoms with E-state index in [4.69, 9.17) is 9.47 Å². The molecule has 1 heterocycles. The molecule has 0 radical (unpaired) electrons. The Morgan fingerprint density at radius 2 is 2.24 bits per heavy atom. The maximum atomic E-state index is 6.02. The first kappa shape index (κ1) is 11.1. The van der Waals surface area contributed by atoms with Crippen LogP contribution in [0.3, 0.4) is 0 Å². The summed E-state index contributed by atoms with van der Waals surface area (Å²) >= 11 is 0. The van der Waals surface area contributed by atoms with Crippen LogP contribution in [0.5, 0.6) is 5.75 Å². The number of ether oxygens (including phenoxy) is 2. The number of hydrogen-bond donors (Lipinski definition) is 1. The van der Waals surface area contributed by atoms with E-state index in [-0.39, 0.29) is 0 Å². The number of morpholine rings is 1. The highest BCUT2D eigenvalue weighted by atomic mass is 16.5. The van der Waals surface area contributed by atoms with Gasteiger partial charge in [-0.25, -0.2) is 0 Å². The average molecular weight is 233 g/mol. The standard InChI is InChI=1S/C14H19NO2/c1-9-8-15-12-7-11-10(6-14(12)17-9)4-3-5-13(11)16-2/h3-5,9,12,14-15H,6-8H2,1-2H3/t9-,12-,14-/m0/s1. The van der Waals surface area contributed by atoms with E-state index < -0.39 is 0 Å². The summed E-state index contributed by atoms with van der Waals surface area (Å²) in [5.74, 6) is 1.02. The van der Waals surface area contributed by atoms with Crippen molar-refractivity contribution in [3.05, 3.63) is 29.3 Å². The van der Waals surface area contributed by atoms with Crippen molar-refractivity contribution in [2.45, 2.75) is 38.0 Å². The van der Waals surface area contributed by atoms with Gasteiger partial charge in [-0.05, 0) is 30.5 Å².